The predicted molar refractivity (Wildman–Crippen MR) is 55.1 cm³/mol. The lowest BCUT2D eigenvalue weighted by molar-refractivity contribution is -0.110. The number of benzene rings is 1. The molecule has 0 aliphatic heterocycles. The molecule has 1 aromatic rings. The SMILES string of the molecule is CCO/N=C/C(=O)Nc1ccc(F)cc1F. The smallest absolute Gasteiger partial charge is 0.270 e. The van der Waals surface area contributed by atoms with Gasteiger partial charge in [-0.3, -0.25) is 4.79 Å². The number of carbonyl (C=O) groups is 1. The van der Waals surface area contributed by atoms with Gasteiger partial charge in [-0.2, -0.15) is 0 Å². The van der Waals surface area contributed by atoms with Gasteiger partial charge < -0.3 is 10.2 Å². The summed E-state index contributed by atoms with van der Waals surface area (Å²) in [4.78, 5) is 15.7. The molecule has 0 aliphatic carbocycles. The van der Waals surface area contributed by atoms with Crippen molar-refractivity contribution in [2.24, 2.45) is 5.16 Å². The number of hydrogen-bond donors (Lipinski definition) is 1. The monoisotopic (exact) mass is 228 g/mol. The third-order valence-electron chi connectivity index (χ3n) is 1.56. The van der Waals surface area contributed by atoms with E-state index in [1.54, 1.807) is 6.92 Å². The summed E-state index contributed by atoms with van der Waals surface area (Å²) in [5.74, 6) is -2.21. The molecule has 0 fully saturated rings. The second-order valence-corrected chi connectivity index (χ2v) is 2.77. The maximum absolute atomic E-state index is 13.1. The van der Waals surface area contributed by atoms with Gasteiger partial charge in [0.25, 0.3) is 5.91 Å². The molecule has 1 aromatic carbocycles. The fourth-order valence-corrected chi connectivity index (χ4v) is 0.916. The Balaban J connectivity index is 2.63. The van der Waals surface area contributed by atoms with Gasteiger partial charge in [0.2, 0.25) is 0 Å². The molecule has 0 aliphatic rings. The number of halogens is 2. The second-order valence-electron chi connectivity index (χ2n) is 2.77. The number of rotatable bonds is 4. The van der Waals surface area contributed by atoms with E-state index >= 15 is 0 Å². The quantitative estimate of drug-likeness (QED) is 0.632. The molecule has 0 radical (unpaired) electrons. The van der Waals surface area contributed by atoms with Gasteiger partial charge >= 0.3 is 0 Å². The third kappa shape index (κ3) is 3.64. The Labute approximate surface area is 90.9 Å². The molecule has 6 heteroatoms. The standard InChI is InChI=1S/C10H10F2N2O2/c1-2-16-13-6-10(15)14-9-4-3-7(11)5-8(9)12/h3-6H,2H2,1H3,(H,14,15)/b13-6+. The summed E-state index contributed by atoms with van der Waals surface area (Å²) in [6.07, 6.45) is 0.867. The summed E-state index contributed by atoms with van der Waals surface area (Å²) < 4.78 is 25.6. The van der Waals surface area contributed by atoms with Gasteiger partial charge in [0.1, 0.15) is 24.5 Å². The Kier molecular flexibility index (Phi) is 4.38. The van der Waals surface area contributed by atoms with Crippen LogP contribution in [-0.2, 0) is 9.63 Å². The molecule has 0 spiro atoms. The summed E-state index contributed by atoms with van der Waals surface area (Å²) in [7, 11) is 0. The van der Waals surface area contributed by atoms with Crippen molar-refractivity contribution in [1.29, 1.82) is 0 Å². The lowest BCUT2D eigenvalue weighted by atomic mass is 10.3. The second kappa shape index (κ2) is 5.79. The van der Waals surface area contributed by atoms with Gasteiger partial charge in [-0.05, 0) is 19.1 Å². The molecule has 0 saturated carbocycles. The van der Waals surface area contributed by atoms with Crippen LogP contribution in [-0.4, -0.2) is 18.7 Å². The molecule has 0 unspecified atom stereocenters. The van der Waals surface area contributed by atoms with Crippen molar-refractivity contribution in [2.45, 2.75) is 6.92 Å². The van der Waals surface area contributed by atoms with E-state index in [4.69, 9.17) is 0 Å². The van der Waals surface area contributed by atoms with Gasteiger partial charge in [0, 0.05) is 6.07 Å². The van der Waals surface area contributed by atoms with Gasteiger partial charge in [0.15, 0.2) is 0 Å². The summed E-state index contributed by atoms with van der Waals surface area (Å²) >= 11 is 0. The third-order valence-corrected chi connectivity index (χ3v) is 1.56. The predicted octanol–water partition coefficient (Wildman–Crippen LogP) is 1.93. The molecule has 1 amide bonds. The van der Waals surface area contributed by atoms with E-state index in [9.17, 15) is 13.6 Å². The molecule has 16 heavy (non-hydrogen) atoms. The Bertz CT molecular complexity index is 408. The number of oxime groups is 1. The zero-order chi connectivity index (χ0) is 12.0. The fraction of sp³-hybridized carbons (Fsp3) is 0.200. The van der Waals surface area contributed by atoms with E-state index in [2.05, 4.69) is 15.3 Å². The first-order valence-corrected chi connectivity index (χ1v) is 4.55. The van der Waals surface area contributed by atoms with E-state index < -0.39 is 17.5 Å². The number of nitrogens with zero attached hydrogens (tertiary/aromatic N) is 1. The minimum Gasteiger partial charge on any atom is -0.396 e. The Morgan fingerprint density at radius 1 is 1.56 bits per heavy atom. The van der Waals surface area contributed by atoms with E-state index in [-0.39, 0.29) is 5.69 Å². The highest BCUT2D eigenvalue weighted by molar-refractivity contribution is 6.31. The summed E-state index contributed by atoms with van der Waals surface area (Å²) in [5, 5.41) is 5.49. The molecule has 0 saturated heterocycles. The van der Waals surface area contributed by atoms with Crippen LogP contribution in [0.15, 0.2) is 23.4 Å². The van der Waals surface area contributed by atoms with Crippen LogP contribution in [0.3, 0.4) is 0 Å². The van der Waals surface area contributed by atoms with Gasteiger partial charge in [-0.25, -0.2) is 8.78 Å². The maximum atomic E-state index is 13.1. The average molecular weight is 228 g/mol. The van der Waals surface area contributed by atoms with Crippen LogP contribution in [0.5, 0.6) is 0 Å². The Morgan fingerprint density at radius 2 is 2.31 bits per heavy atom. The van der Waals surface area contributed by atoms with Crippen molar-refractivity contribution < 1.29 is 18.4 Å². The fourth-order valence-electron chi connectivity index (χ4n) is 0.916. The summed E-state index contributed by atoms with van der Waals surface area (Å²) in [5.41, 5.74) is -0.116. The zero-order valence-corrected chi connectivity index (χ0v) is 8.54. The van der Waals surface area contributed by atoms with Crippen LogP contribution in [0.4, 0.5) is 14.5 Å². The normalized spacial score (nSPS) is 10.4. The first-order valence-electron chi connectivity index (χ1n) is 4.55. The number of anilines is 1. The average Bonchev–Trinajstić information content (AvgIpc) is 2.23. The largest absolute Gasteiger partial charge is 0.396 e. The van der Waals surface area contributed by atoms with Crippen molar-refractivity contribution in [3.63, 3.8) is 0 Å². The van der Waals surface area contributed by atoms with Gasteiger partial charge in [-0.1, -0.05) is 5.16 Å². The van der Waals surface area contributed by atoms with Crippen LogP contribution < -0.4 is 5.32 Å². The van der Waals surface area contributed by atoms with Crippen LogP contribution >= 0.6 is 0 Å². The molecule has 1 rings (SSSR count). The van der Waals surface area contributed by atoms with Crippen molar-refractivity contribution in [1.82, 2.24) is 0 Å². The van der Waals surface area contributed by atoms with Crippen LogP contribution in [0.2, 0.25) is 0 Å². The summed E-state index contributed by atoms with van der Waals surface area (Å²) in [6, 6.07) is 2.84. The molecule has 1 N–H and O–H groups in total. The van der Waals surface area contributed by atoms with Crippen molar-refractivity contribution in [3.05, 3.63) is 29.8 Å². The highest BCUT2D eigenvalue weighted by Crippen LogP contribution is 2.14. The topological polar surface area (TPSA) is 50.7 Å². The van der Waals surface area contributed by atoms with Gasteiger partial charge in [-0.15, -0.1) is 0 Å². The minimum absolute atomic E-state index is 0.116. The van der Waals surface area contributed by atoms with E-state index in [0.29, 0.717) is 12.7 Å². The lowest BCUT2D eigenvalue weighted by Gasteiger charge is -2.02. The van der Waals surface area contributed by atoms with E-state index in [1.807, 2.05) is 0 Å². The highest BCUT2D eigenvalue weighted by Gasteiger charge is 2.05. The molecule has 0 bridgehead atoms. The Morgan fingerprint density at radius 3 is 2.94 bits per heavy atom. The first kappa shape index (κ1) is 12.1. The van der Waals surface area contributed by atoms with Gasteiger partial charge in [0.05, 0.1) is 5.69 Å². The number of carbonyl (C=O) groups excluding carboxylic acids is 1. The lowest BCUT2D eigenvalue weighted by Crippen LogP contribution is -2.14. The van der Waals surface area contributed by atoms with Crippen LogP contribution in [0.1, 0.15) is 6.92 Å². The highest BCUT2D eigenvalue weighted by atomic mass is 19.1. The van der Waals surface area contributed by atoms with Crippen molar-refractivity contribution in [2.75, 3.05) is 11.9 Å². The maximum Gasteiger partial charge on any atom is 0.270 e. The first-order chi connectivity index (χ1) is 7.63. The molecular weight excluding hydrogens is 218 g/mol. The van der Waals surface area contributed by atoms with E-state index in [0.717, 1.165) is 18.3 Å². The molecule has 86 valence electrons. The molecule has 0 aromatic heterocycles. The zero-order valence-electron chi connectivity index (χ0n) is 8.54. The molecular formula is C10H10F2N2O2. The summed E-state index contributed by atoms with van der Waals surface area (Å²) in [6.45, 7) is 2.03. The number of amides is 1. The number of nitrogens with one attached hydrogen (secondary N) is 1. The van der Waals surface area contributed by atoms with Crippen LogP contribution in [0.25, 0.3) is 0 Å². The van der Waals surface area contributed by atoms with E-state index in [1.165, 1.54) is 0 Å². The molecule has 4 nitrogen and oxygen atoms in total. The van der Waals surface area contributed by atoms with Crippen LogP contribution in [0, 0.1) is 11.6 Å². The molecule has 0 atom stereocenters. The Hall–Kier alpha value is -1.98. The van der Waals surface area contributed by atoms with Crippen molar-refractivity contribution >= 4 is 17.8 Å². The number of hydrogen-bond acceptors (Lipinski definition) is 3. The van der Waals surface area contributed by atoms with Crippen molar-refractivity contribution in [3.8, 4) is 0 Å². The molecule has 0 heterocycles. The minimum atomic E-state index is -0.849.